The molecule has 2 aromatic heterocycles. The van der Waals surface area contributed by atoms with Crippen LogP contribution in [0.4, 0.5) is 5.95 Å². The summed E-state index contributed by atoms with van der Waals surface area (Å²) < 4.78 is 1.73. The van der Waals surface area contributed by atoms with Gasteiger partial charge in [-0.1, -0.05) is 30.3 Å². The van der Waals surface area contributed by atoms with E-state index in [-0.39, 0.29) is 6.61 Å². The minimum absolute atomic E-state index is 0.0711. The van der Waals surface area contributed by atoms with Crippen LogP contribution in [-0.4, -0.2) is 19.7 Å². The summed E-state index contributed by atoms with van der Waals surface area (Å²) >= 11 is 0. The standard InChI is InChI=1S/C14H14N4O/c19-10-12-6-4-11(5-7-12)9-15-14-16-13-3-1-2-8-18(13)17-14/h1-8,19H,9-10H2,(H,15,17). The van der Waals surface area contributed by atoms with Crippen LogP contribution >= 0.6 is 0 Å². The van der Waals surface area contributed by atoms with E-state index in [2.05, 4.69) is 15.4 Å². The van der Waals surface area contributed by atoms with E-state index in [1.165, 1.54) is 0 Å². The molecule has 0 saturated heterocycles. The molecule has 2 heterocycles. The van der Waals surface area contributed by atoms with Gasteiger partial charge in [0.1, 0.15) is 0 Å². The summed E-state index contributed by atoms with van der Waals surface area (Å²) in [5, 5.41) is 16.5. The number of pyridine rings is 1. The summed E-state index contributed by atoms with van der Waals surface area (Å²) in [5.74, 6) is 0.609. The minimum atomic E-state index is 0.0711. The van der Waals surface area contributed by atoms with E-state index in [4.69, 9.17) is 5.11 Å². The van der Waals surface area contributed by atoms with Crippen LogP contribution in [0.2, 0.25) is 0 Å². The lowest BCUT2D eigenvalue weighted by atomic mass is 10.1. The van der Waals surface area contributed by atoms with Gasteiger partial charge in [0.2, 0.25) is 5.95 Å². The predicted molar refractivity (Wildman–Crippen MR) is 72.7 cm³/mol. The van der Waals surface area contributed by atoms with Crippen molar-refractivity contribution in [1.82, 2.24) is 14.6 Å². The van der Waals surface area contributed by atoms with Crippen LogP contribution in [0, 0.1) is 0 Å². The van der Waals surface area contributed by atoms with Crippen molar-refractivity contribution in [1.29, 1.82) is 0 Å². The molecular formula is C14H14N4O. The highest BCUT2D eigenvalue weighted by Gasteiger charge is 2.02. The highest BCUT2D eigenvalue weighted by molar-refractivity contribution is 5.43. The quantitative estimate of drug-likeness (QED) is 0.745. The molecule has 0 aliphatic carbocycles. The molecule has 0 aliphatic rings. The van der Waals surface area contributed by atoms with Crippen molar-refractivity contribution in [3.63, 3.8) is 0 Å². The molecule has 0 unspecified atom stereocenters. The van der Waals surface area contributed by atoms with Gasteiger partial charge in [-0.3, -0.25) is 0 Å². The number of anilines is 1. The summed E-state index contributed by atoms with van der Waals surface area (Å²) in [4.78, 5) is 4.36. The van der Waals surface area contributed by atoms with Crippen molar-refractivity contribution in [2.24, 2.45) is 0 Å². The molecule has 0 bridgehead atoms. The molecule has 0 amide bonds. The number of nitrogens with zero attached hydrogens (tertiary/aromatic N) is 3. The molecule has 0 saturated carbocycles. The molecule has 19 heavy (non-hydrogen) atoms. The number of nitrogens with one attached hydrogen (secondary N) is 1. The maximum atomic E-state index is 8.98. The van der Waals surface area contributed by atoms with Gasteiger partial charge in [0.15, 0.2) is 5.65 Å². The molecule has 0 aliphatic heterocycles. The highest BCUT2D eigenvalue weighted by Crippen LogP contribution is 2.08. The Bertz CT molecular complexity index is 642. The topological polar surface area (TPSA) is 62.5 Å². The first-order chi connectivity index (χ1) is 9.35. The first kappa shape index (κ1) is 11.7. The van der Waals surface area contributed by atoms with Crippen molar-refractivity contribution in [2.75, 3.05) is 5.32 Å². The second-order valence-electron chi connectivity index (χ2n) is 4.27. The average molecular weight is 254 g/mol. The molecule has 3 rings (SSSR count). The third-order valence-electron chi connectivity index (χ3n) is 2.90. The summed E-state index contributed by atoms with van der Waals surface area (Å²) in [5.41, 5.74) is 2.85. The largest absolute Gasteiger partial charge is 0.392 e. The number of aliphatic hydroxyl groups is 1. The number of rotatable bonds is 4. The summed E-state index contributed by atoms with van der Waals surface area (Å²) in [6, 6.07) is 13.5. The van der Waals surface area contributed by atoms with Crippen LogP contribution < -0.4 is 5.32 Å². The first-order valence-electron chi connectivity index (χ1n) is 6.09. The van der Waals surface area contributed by atoms with Gasteiger partial charge in [0, 0.05) is 12.7 Å². The maximum absolute atomic E-state index is 8.98. The normalized spacial score (nSPS) is 10.8. The zero-order valence-corrected chi connectivity index (χ0v) is 10.3. The second kappa shape index (κ2) is 5.07. The number of fused-ring (bicyclic) bond motifs is 1. The Morgan fingerprint density at radius 2 is 1.84 bits per heavy atom. The smallest absolute Gasteiger partial charge is 0.243 e. The van der Waals surface area contributed by atoms with Crippen LogP contribution in [0.1, 0.15) is 11.1 Å². The van der Waals surface area contributed by atoms with Crippen LogP contribution in [0.5, 0.6) is 0 Å². The van der Waals surface area contributed by atoms with E-state index in [0.29, 0.717) is 12.5 Å². The van der Waals surface area contributed by atoms with E-state index in [1.54, 1.807) is 4.52 Å². The number of hydrogen-bond acceptors (Lipinski definition) is 4. The lowest BCUT2D eigenvalue weighted by Crippen LogP contribution is -2.01. The monoisotopic (exact) mass is 254 g/mol. The molecule has 0 fully saturated rings. The fraction of sp³-hybridized carbons (Fsp3) is 0.143. The number of aliphatic hydroxyl groups excluding tert-OH is 1. The van der Waals surface area contributed by atoms with Crippen LogP contribution in [-0.2, 0) is 13.2 Å². The number of aromatic nitrogens is 3. The molecule has 0 radical (unpaired) electrons. The van der Waals surface area contributed by atoms with Crippen molar-refractivity contribution in [2.45, 2.75) is 13.2 Å². The summed E-state index contributed by atoms with van der Waals surface area (Å²) in [6.45, 7) is 0.726. The fourth-order valence-electron chi connectivity index (χ4n) is 1.85. The van der Waals surface area contributed by atoms with E-state index in [0.717, 1.165) is 16.8 Å². The first-order valence-corrected chi connectivity index (χ1v) is 6.09. The third kappa shape index (κ3) is 2.56. The molecule has 5 heteroatoms. The Morgan fingerprint density at radius 3 is 2.58 bits per heavy atom. The lowest BCUT2D eigenvalue weighted by Gasteiger charge is -2.03. The van der Waals surface area contributed by atoms with Crippen molar-refractivity contribution in [3.05, 3.63) is 59.8 Å². The van der Waals surface area contributed by atoms with Gasteiger partial charge in [0.05, 0.1) is 6.61 Å². The van der Waals surface area contributed by atoms with Crippen LogP contribution in [0.15, 0.2) is 48.7 Å². The molecule has 5 nitrogen and oxygen atoms in total. The molecule has 2 N–H and O–H groups in total. The fourth-order valence-corrected chi connectivity index (χ4v) is 1.85. The predicted octanol–water partition coefficient (Wildman–Crippen LogP) is 1.83. The average Bonchev–Trinajstić information content (AvgIpc) is 2.88. The highest BCUT2D eigenvalue weighted by atomic mass is 16.3. The van der Waals surface area contributed by atoms with Gasteiger partial charge in [-0.25, -0.2) is 4.52 Å². The zero-order chi connectivity index (χ0) is 13.1. The molecule has 1 aromatic carbocycles. The molecule has 0 atom stereocenters. The minimum Gasteiger partial charge on any atom is -0.392 e. The van der Waals surface area contributed by atoms with Crippen molar-refractivity contribution < 1.29 is 5.11 Å². The Kier molecular flexibility index (Phi) is 3.12. The van der Waals surface area contributed by atoms with Gasteiger partial charge in [-0.15, -0.1) is 5.10 Å². The Balaban J connectivity index is 1.70. The SMILES string of the molecule is OCc1ccc(CNc2nc3ccccn3n2)cc1. The van der Waals surface area contributed by atoms with Crippen LogP contribution in [0.25, 0.3) is 5.65 Å². The van der Waals surface area contributed by atoms with E-state index >= 15 is 0 Å². The Labute approximate surface area is 110 Å². The molecular weight excluding hydrogens is 240 g/mol. The van der Waals surface area contributed by atoms with Crippen molar-refractivity contribution in [3.8, 4) is 0 Å². The lowest BCUT2D eigenvalue weighted by molar-refractivity contribution is 0.282. The van der Waals surface area contributed by atoms with Gasteiger partial charge >= 0.3 is 0 Å². The molecule has 3 aromatic rings. The van der Waals surface area contributed by atoms with Crippen molar-refractivity contribution >= 4 is 11.6 Å². The Morgan fingerprint density at radius 1 is 1.05 bits per heavy atom. The number of hydrogen-bond donors (Lipinski definition) is 2. The van der Waals surface area contributed by atoms with Gasteiger partial charge in [-0.2, -0.15) is 4.98 Å². The van der Waals surface area contributed by atoms with Gasteiger partial charge < -0.3 is 10.4 Å². The van der Waals surface area contributed by atoms with Gasteiger partial charge in [-0.05, 0) is 23.3 Å². The summed E-state index contributed by atoms with van der Waals surface area (Å²) in [7, 11) is 0. The van der Waals surface area contributed by atoms with E-state index in [1.807, 2.05) is 48.7 Å². The molecule has 0 spiro atoms. The van der Waals surface area contributed by atoms with E-state index < -0.39 is 0 Å². The number of benzene rings is 1. The van der Waals surface area contributed by atoms with Gasteiger partial charge in [0.25, 0.3) is 0 Å². The van der Waals surface area contributed by atoms with E-state index in [9.17, 15) is 0 Å². The van der Waals surface area contributed by atoms with Crippen LogP contribution in [0.3, 0.4) is 0 Å². The second-order valence-corrected chi connectivity index (χ2v) is 4.27. The third-order valence-corrected chi connectivity index (χ3v) is 2.90. The maximum Gasteiger partial charge on any atom is 0.243 e. The molecule has 96 valence electrons. The Hall–Kier alpha value is -2.40. The zero-order valence-electron chi connectivity index (χ0n) is 10.3. The summed E-state index contributed by atoms with van der Waals surface area (Å²) in [6.07, 6.45) is 1.86.